The molecule has 1 aromatic carbocycles. The molecular formula is C9H10O4S. The molecule has 0 saturated heterocycles. The molecule has 0 spiro atoms. The topological polar surface area (TPSA) is 52.6 Å². The minimum absolute atomic E-state index is 0.0199. The van der Waals surface area contributed by atoms with E-state index < -0.39 is 10.1 Å². The fourth-order valence-corrected chi connectivity index (χ4v) is 1.52. The summed E-state index contributed by atoms with van der Waals surface area (Å²) >= 11 is 0. The summed E-state index contributed by atoms with van der Waals surface area (Å²) in [5.41, 5.74) is 0. The molecule has 0 aliphatic heterocycles. The van der Waals surface area contributed by atoms with Gasteiger partial charge in [0.2, 0.25) is 0 Å². The van der Waals surface area contributed by atoms with E-state index in [1.165, 1.54) is 18.2 Å². The van der Waals surface area contributed by atoms with Crippen molar-refractivity contribution in [3.8, 4) is 0 Å². The average Bonchev–Trinajstić information content (AvgIpc) is 2.19. The summed E-state index contributed by atoms with van der Waals surface area (Å²) in [7, 11) is -3.80. The zero-order valence-corrected chi connectivity index (χ0v) is 8.24. The van der Waals surface area contributed by atoms with Crippen molar-refractivity contribution < 1.29 is 17.6 Å². The fourth-order valence-electron chi connectivity index (χ4n) is 0.766. The Bertz CT molecular complexity index is 383. The largest absolute Gasteiger partial charge is 0.323 e. The van der Waals surface area contributed by atoms with E-state index in [-0.39, 0.29) is 11.5 Å². The number of hydrogen-bond acceptors (Lipinski definition) is 4. The summed E-state index contributed by atoms with van der Waals surface area (Å²) in [5, 5.41) is 0. The highest BCUT2D eigenvalue weighted by molar-refractivity contribution is 7.86. The maximum Gasteiger partial charge on any atom is 0.323 e. The number of rotatable bonds is 5. The zero-order valence-electron chi connectivity index (χ0n) is 7.42. The summed E-state index contributed by atoms with van der Waals surface area (Å²) in [6, 6.07) is 7.76. The SMILES string of the molecule is C=CCOOS(=O)(=O)c1ccccc1. The quantitative estimate of drug-likeness (QED) is 0.322. The van der Waals surface area contributed by atoms with Gasteiger partial charge in [-0.1, -0.05) is 24.3 Å². The van der Waals surface area contributed by atoms with E-state index in [1.54, 1.807) is 18.2 Å². The second kappa shape index (κ2) is 4.90. The molecule has 5 heteroatoms. The lowest BCUT2D eigenvalue weighted by molar-refractivity contribution is -0.190. The van der Waals surface area contributed by atoms with Crippen LogP contribution in [0.4, 0.5) is 0 Å². The molecule has 14 heavy (non-hydrogen) atoms. The molecule has 1 aromatic rings. The van der Waals surface area contributed by atoms with Crippen LogP contribution < -0.4 is 0 Å². The van der Waals surface area contributed by atoms with Crippen LogP contribution in [0, 0.1) is 0 Å². The summed E-state index contributed by atoms with van der Waals surface area (Å²) in [4.78, 5) is 4.46. The van der Waals surface area contributed by atoms with Gasteiger partial charge in [-0.3, -0.25) is 0 Å². The molecule has 0 fully saturated rings. The van der Waals surface area contributed by atoms with Crippen molar-refractivity contribution in [2.75, 3.05) is 6.61 Å². The van der Waals surface area contributed by atoms with Crippen LogP contribution in [-0.4, -0.2) is 15.0 Å². The van der Waals surface area contributed by atoms with Crippen LogP contribution in [0.5, 0.6) is 0 Å². The number of benzene rings is 1. The third-order valence-electron chi connectivity index (χ3n) is 1.36. The van der Waals surface area contributed by atoms with Crippen molar-refractivity contribution in [3.63, 3.8) is 0 Å². The normalized spacial score (nSPS) is 11.1. The van der Waals surface area contributed by atoms with E-state index in [9.17, 15) is 8.42 Å². The lowest BCUT2D eigenvalue weighted by Gasteiger charge is -2.02. The van der Waals surface area contributed by atoms with Crippen molar-refractivity contribution in [1.82, 2.24) is 0 Å². The van der Waals surface area contributed by atoms with Gasteiger partial charge in [-0.15, -0.1) is 10.9 Å². The maximum atomic E-state index is 11.3. The van der Waals surface area contributed by atoms with E-state index in [0.29, 0.717) is 0 Å². The Labute approximate surface area is 82.8 Å². The molecule has 0 aromatic heterocycles. The first-order chi connectivity index (χ1) is 6.67. The summed E-state index contributed by atoms with van der Waals surface area (Å²) in [6.45, 7) is 3.37. The summed E-state index contributed by atoms with van der Waals surface area (Å²) in [5.74, 6) is 0. The van der Waals surface area contributed by atoms with E-state index in [1.807, 2.05) is 0 Å². The molecule has 0 N–H and O–H groups in total. The fraction of sp³-hybridized carbons (Fsp3) is 0.111. The second-order valence-electron chi connectivity index (χ2n) is 2.41. The van der Waals surface area contributed by atoms with Crippen LogP contribution in [0.3, 0.4) is 0 Å². The van der Waals surface area contributed by atoms with Crippen LogP contribution in [0.2, 0.25) is 0 Å². The molecule has 0 saturated carbocycles. The van der Waals surface area contributed by atoms with E-state index in [2.05, 4.69) is 15.8 Å². The first-order valence-electron chi connectivity index (χ1n) is 3.89. The van der Waals surface area contributed by atoms with Crippen molar-refractivity contribution in [3.05, 3.63) is 43.0 Å². The molecule has 0 heterocycles. The molecule has 76 valence electrons. The van der Waals surface area contributed by atoms with Crippen LogP contribution >= 0.6 is 0 Å². The third-order valence-corrected chi connectivity index (χ3v) is 2.48. The first kappa shape index (κ1) is 10.9. The van der Waals surface area contributed by atoms with Crippen LogP contribution in [0.15, 0.2) is 47.9 Å². The van der Waals surface area contributed by atoms with E-state index >= 15 is 0 Å². The molecule has 0 unspecified atom stereocenters. The van der Waals surface area contributed by atoms with Gasteiger partial charge in [0.25, 0.3) is 0 Å². The Morgan fingerprint density at radius 1 is 1.29 bits per heavy atom. The highest BCUT2D eigenvalue weighted by atomic mass is 32.2. The predicted octanol–water partition coefficient (Wildman–Crippen LogP) is 1.51. The first-order valence-corrected chi connectivity index (χ1v) is 5.29. The van der Waals surface area contributed by atoms with E-state index in [4.69, 9.17) is 0 Å². The van der Waals surface area contributed by atoms with Crippen molar-refractivity contribution >= 4 is 10.1 Å². The smallest absolute Gasteiger partial charge is 0.215 e. The lowest BCUT2D eigenvalue weighted by Crippen LogP contribution is -2.06. The molecule has 0 radical (unpaired) electrons. The molecule has 0 bridgehead atoms. The minimum Gasteiger partial charge on any atom is -0.215 e. The van der Waals surface area contributed by atoms with Gasteiger partial charge >= 0.3 is 10.1 Å². The highest BCUT2D eigenvalue weighted by Gasteiger charge is 2.14. The van der Waals surface area contributed by atoms with Crippen LogP contribution in [-0.2, 0) is 19.3 Å². The Morgan fingerprint density at radius 3 is 2.50 bits per heavy atom. The van der Waals surface area contributed by atoms with Gasteiger partial charge in [0.05, 0.1) is 4.90 Å². The average molecular weight is 214 g/mol. The monoisotopic (exact) mass is 214 g/mol. The van der Waals surface area contributed by atoms with Gasteiger partial charge in [0, 0.05) is 0 Å². The third kappa shape index (κ3) is 2.95. The van der Waals surface area contributed by atoms with Gasteiger partial charge in [0.15, 0.2) is 0 Å². The van der Waals surface area contributed by atoms with Crippen molar-refractivity contribution in [2.24, 2.45) is 0 Å². The highest BCUT2D eigenvalue weighted by Crippen LogP contribution is 2.11. The molecule has 0 aliphatic carbocycles. The van der Waals surface area contributed by atoms with Gasteiger partial charge in [-0.05, 0) is 12.1 Å². The Hall–Kier alpha value is -1.17. The summed E-state index contributed by atoms with van der Waals surface area (Å²) in [6.07, 6.45) is 1.39. The molecular weight excluding hydrogens is 204 g/mol. The van der Waals surface area contributed by atoms with Crippen LogP contribution in [0.25, 0.3) is 0 Å². The van der Waals surface area contributed by atoms with Gasteiger partial charge < -0.3 is 0 Å². The second-order valence-corrected chi connectivity index (χ2v) is 3.92. The molecule has 0 aliphatic rings. The zero-order chi connectivity index (χ0) is 10.4. The molecule has 1 rings (SSSR count). The maximum absolute atomic E-state index is 11.3. The molecule has 4 nitrogen and oxygen atoms in total. The predicted molar refractivity (Wildman–Crippen MR) is 50.9 cm³/mol. The standard InChI is InChI=1S/C9H10O4S/c1-2-8-12-13-14(10,11)9-6-4-3-5-7-9/h2-7H,1,8H2. The van der Waals surface area contributed by atoms with Gasteiger partial charge in [-0.2, -0.15) is 8.42 Å². The summed E-state index contributed by atoms with van der Waals surface area (Å²) < 4.78 is 26.9. The Balaban J connectivity index is 2.72. The minimum atomic E-state index is -3.80. The molecule has 0 amide bonds. The van der Waals surface area contributed by atoms with Crippen molar-refractivity contribution in [1.29, 1.82) is 0 Å². The van der Waals surface area contributed by atoms with Gasteiger partial charge in [0.1, 0.15) is 6.61 Å². The molecule has 0 atom stereocenters. The Morgan fingerprint density at radius 2 is 1.93 bits per heavy atom. The van der Waals surface area contributed by atoms with E-state index in [0.717, 1.165) is 0 Å². The number of hydrogen-bond donors (Lipinski definition) is 0. The van der Waals surface area contributed by atoms with Gasteiger partial charge in [-0.25, -0.2) is 4.89 Å². The van der Waals surface area contributed by atoms with Crippen molar-refractivity contribution in [2.45, 2.75) is 4.90 Å². The lowest BCUT2D eigenvalue weighted by atomic mass is 10.4. The van der Waals surface area contributed by atoms with Crippen LogP contribution in [0.1, 0.15) is 0 Å². The Kier molecular flexibility index (Phi) is 3.82.